The van der Waals surface area contributed by atoms with Crippen LogP contribution in [0.2, 0.25) is 0 Å². The Hall–Kier alpha value is -3.01. The molecule has 2 aromatic rings. The maximum absolute atomic E-state index is 11.6. The van der Waals surface area contributed by atoms with E-state index in [1.54, 1.807) is 0 Å². The molecule has 0 aliphatic carbocycles. The van der Waals surface area contributed by atoms with E-state index in [-0.39, 0.29) is 27.1 Å². The number of nitrogens with one attached hydrogen (secondary N) is 1. The molecule has 0 aliphatic heterocycles. The highest BCUT2D eigenvalue weighted by Gasteiger charge is 2.16. The van der Waals surface area contributed by atoms with Crippen molar-refractivity contribution in [1.82, 2.24) is 4.98 Å². The molecule has 0 bridgehead atoms. The summed E-state index contributed by atoms with van der Waals surface area (Å²) in [7, 11) is 0. The van der Waals surface area contributed by atoms with E-state index in [4.69, 9.17) is 9.84 Å². The minimum atomic E-state index is -1.13. The number of carbonyl (C=O) groups is 2. The average Bonchev–Trinajstić information content (AvgIpc) is 2.80. The van der Waals surface area contributed by atoms with Crippen LogP contribution in [0.4, 0.5) is 15.6 Å². The Labute approximate surface area is 127 Å². The lowest BCUT2D eigenvalue weighted by Crippen LogP contribution is -2.16. The van der Waals surface area contributed by atoms with E-state index in [9.17, 15) is 19.7 Å². The first-order valence-electron chi connectivity index (χ1n) is 5.81. The average molecular weight is 323 g/mol. The normalized spacial score (nSPS) is 10.0. The molecular formula is C12H9N3O6S. The molecule has 2 rings (SSSR count). The van der Waals surface area contributed by atoms with Crippen LogP contribution in [0.15, 0.2) is 24.3 Å². The molecule has 10 heteroatoms. The number of ether oxygens (including phenoxy) is 1. The zero-order chi connectivity index (χ0) is 16.3. The second-order valence-corrected chi connectivity index (χ2v) is 5.00. The van der Waals surface area contributed by atoms with Gasteiger partial charge < -0.3 is 9.84 Å². The number of carbonyl (C=O) groups excluding carboxylic acids is 1. The van der Waals surface area contributed by atoms with Gasteiger partial charge in [-0.05, 0) is 19.1 Å². The predicted octanol–water partition coefficient (Wildman–Crippen LogP) is 2.67. The largest absolute Gasteiger partial charge is 0.477 e. The molecule has 9 nitrogen and oxygen atoms in total. The lowest BCUT2D eigenvalue weighted by molar-refractivity contribution is -0.384. The van der Waals surface area contributed by atoms with Crippen LogP contribution in [0.3, 0.4) is 0 Å². The van der Waals surface area contributed by atoms with Gasteiger partial charge in [-0.15, -0.1) is 0 Å². The molecule has 0 spiro atoms. The van der Waals surface area contributed by atoms with Crippen molar-refractivity contribution in [3.63, 3.8) is 0 Å². The molecule has 0 unspecified atom stereocenters. The minimum absolute atomic E-state index is 0.0191. The molecule has 0 atom stereocenters. The SMILES string of the molecule is Cc1nc(NC(=O)Oc2ccc([N+](=O)[O-])cc2)sc1C(=O)O. The summed E-state index contributed by atoms with van der Waals surface area (Å²) in [4.78, 5) is 36.3. The molecule has 1 aromatic carbocycles. The van der Waals surface area contributed by atoms with Gasteiger partial charge >= 0.3 is 12.1 Å². The van der Waals surface area contributed by atoms with Crippen LogP contribution in [0.5, 0.6) is 5.75 Å². The smallest absolute Gasteiger partial charge is 0.418 e. The number of amides is 1. The van der Waals surface area contributed by atoms with E-state index in [0.717, 1.165) is 11.3 Å². The van der Waals surface area contributed by atoms with Gasteiger partial charge in [-0.3, -0.25) is 15.4 Å². The molecule has 0 saturated carbocycles. The molecule has 114 valence electrons. The monoisotopic (exact) mass is 323 g/mol. The van der Waals surface area contributed by atoms with Crippen LogP contribution >= 0.6 is 11.3 Å². The maximum Gasteiger partial charge on any atom is 0.418 e. The first-order valence-corrected chi connectivity index (χ1v) is 6.62. The fraction of sp³-hybridized carbons (Fsp3) is 0.0833. The van der Waals surface area contributed by atoms with Gasteiger partial charge in [-0.25, -0.2) is 14.6 Å². The van der Waals surface area contributed by atoms with Crippen LogP contribution in [0, 0.1) is 17.0 Å². The standard InChI is InChI=1S/C12H9N3O6S/c1-6-9(10(16)17)22-11(13-6)14-12(18)21-8-4-2-7(3-5-8)15(19)20/h2-5H,1H3,(H,16,17)(H,13,14,18). The van der Waals surface area contributed by atoms with Crippen LogP contribution in [0.1, 0.15) is 15.4 Å². The third-order valence-corrected chi connectivity index (χ3v) is 3.52. The summed E-state index contributed by atoms with van der Waals surface area (Å²) in [5.74, 6) is -1.03. The van der Waals surface area contributed by atoms with Gasteiger partial charge in [-0.1, -0.05) is 11.3 Å². The van der Waals surface area contributed by atoms with Crippen molar-refractivity contribution in [3.05, 3.63) is 45.0 Å². The van der Waals surface area contributed by atoms with E-state index in [1.807, 2.05) is 0 Å². The Morgan fingerprint density at radius 2 is 2.00 bits per heavy atom. The number of anilines is 1. The number of aromatic nitrogens is 1. The molecular weight excluding hydrogens is 314 g/mol. The summed E-state index contributed by atoms with van der Waals surface area (Å²) in [5.41, 5.74) is 0.151. The van der Waals surface area contributed by atoms with Crippen LogP contribution in [0.25, 0.3) is 0 Å². The zero-order valence-electron chi connectivity index (χ0n) is 11.1. The number of nitro groups is 1. The second kappa shape index (κ2) is 6.18. The van der Waals surface area contributed by atoms with Gasteiger partial charge in [0.2, 0.25) is 0 Å². The predicted molar refractivity (Wildman–Crippen MR) is 76.6 cm³/mol. The highest BCUT2D eigenvalue weighted by Crippen LogP contribution is 2.23. The molecule has 1 aromatic heterocycles. The fourth-order valence-corrected chi connectivity index (χ4v) is 2.30. The quantitative estimate of drug-likeness (QED) is 0.653. The topological polar surface area (TPSA) is 132 Å². The van der Waals surface area contributed by atoms with Crippen molar-refractivity contribution in [3.8, 4) is 5.75 Å². The number of nitro benzene ring substituents is 1. The number of hydrogen-bond donors (Lipinski definition) is 2. The van der Waals surface area contributed by atoms with Crippen molar-refractivity contribution < 1.29 is 24.4 Å². The van der Waals surface area contributed by atoms with E-state index in [2.05, 4.69) is 10.3 Å². The van der Waals surface area contributed by atoms with Crippen molar-refractivity contribution >= 4 is 34.2 Å². The molecule has 0 fully saturated rings. The molecule has 0 radical (unpaired) electrons. The van der Waals surface area contributed by atoms with Gasteiger partial charge in [0.05, 0.1) is 10.6 Å². The number of aromatic carboxylic acids is 1. The number of non-ortho nitro benzene ring substituents is 1. The van der Waals surface area contributed by atoms with Gasteiger partial charge in [0, 0.05) is 12.1 Å². The third-order valence-electron chi connectivity index (χ3n) is 2.46. The summed E-state index contributed by atoms with van der Waals surface area (Å²) in [5, 5.41) is 21.8. The van der Waals surface area contributed by atoms with E-state index in [0.29, 0.717) is 0 Å². The number of hydrogen-bond acceptors (Lipinski definition) is 7. The highest BCUT2D eigenvalue weighted by molar-refractivity contribution is 7.17. The van der Waals surface area contributed by atoms with Crippen LogP contribution in [-0.2, 0) is 0 Å². The maximum atomic E-state index is 11.6. The molecule has 0 aliphatic rings. The molecule has 22 heavy (non-hydrogen) atoms. The highest BCUT2D eigenvalue weighted by atomic mass is 32.1. The summed E-state index contributed by atoms with van der Waals surface area (Å²) in [6.07, 6.45) is -0.875. The fourth-order valence-electron chi connectivity index (χ4n) is 1.50. The van der Waals surface area contributed by atoms with Gasteiger partial charge in [0.15, 0.2) is 5.13 Å². The first-order chi connectivity index (χ1) is 10.4. The van der Waals surface area contributed by atoms with Gasteiger partial charge in [0.1, 0.15) is 10.6 Å². The van der Waals surface area contributed by atoms with Crippen LogP contribution < -0.4 is 10.1 Å². The lowest BCUT2D eigenvalue weighted by atomic mass is 10.3. The third kappa shape index (κ3) is 3.55. The number of carboxylic acids is 1. The summed E-state index contributed by atoms with van der Waals surface area (Å²) in [6.45, 7) is 1.51. The number of benzene rings is 1. The van der Waals surface area contributed by atoms with Crippen molar-refractivity contribution in [1.29, 1.82) is 0 Å². The number of thiazole rings is 1. The summed E-state index contributed by atoms with van der Waals surface area (Å²) < 4.78 is 4.91. The van der Waals surface area contributed by atoms with E-state index >= 15 is 0 Å². The Morgan fingerprint density at radius 1 is 1.36 bits per heavy atom. The first kappa shape index (κ1) is 15.4. The summed E-state index contributed by atoms with van der Waals surface area (Å²) >= 11 is 0.801. The Balaban J connectivity index is 2.02. The molecule has 1 amide bonds. The van der Waals surface area contributed by atoms with Gasteiger partial charge in [-0.2, -0.15) is 0 Å². The number of aryl methyl sites for hydroxylation is 1. The van der Waals surface area contributed by atoms with E-state index in [1.165, 1.54) is 31.2 Å². The molecule has 1 heterocycles. The van der Waals surface area contributed by atoms with Gasteiger partial charge in [0.25, 0.3) is 5.69 Å². The zero-order valence-corrected chi connectivity index (χ0v) is 11.9. The van der Waals surface area contributed by atoms with Crippen LogP contribution in [-0.4, -0.2) is 27.1 Å². The minimum Gasteiger partial charge on any atom is -0.477 e. The van der Waals surface area contributed by atoms with E-state index < -0.39 is 17.0 Å². The Morgan fingerprint density at radius 3 is 2.50 bits per heavy atom. The molecule has 2 N–H and O–H groups in total. The Kier molecular flexibility index (Phi) is 4.32. The summed E-state index contributed by atoms with van der Waals surface area (Å²) in [6, 6.07) is 4.93. The second-order valence-electron chi connectivity index (χ2n) is 4.00. The van der Waals surface area contributed by atoms with Crippen molar-refractivity contribution in [2.24, 2.45) is 0 Å². The molecule has 0 saturated heterocycles. The van der Waals surface area contributed by atoms with Crippen molar-refractivity contribution in [2.75, 3.05) is 5.32 Å². The van der Waals surface area contributed by atoms with Crippen molar-refractivity contribution in [2.45, 2.75) is 6.92 Å². The number of rotatable bonds is 4. The number of nitrogens with zero attached hydrogens (tertiary/aromatic N) is 2. The Bertz CT molecular complexity index is 740. The lowest BCUT2D eigenvalue weighted by Gasteiger charge is -2.03. The number of carboxylic acid groups (broad SMARTS) is 1.